The molecule has 0 atom stereocenters. The van der Waals surface area contributed by atoms with Crippen molar-refractivity contribution in [3.05, 3.63) is 40.4 Å². The minimum atomic E-state index is -3.72. The van der Waals surface area contributed by atoms with E-state index in [-0.39, 0.29) is 27.0 Å². The lowest BCUT2D eigenvalue weighted by atomic mass is 10.2. The van der Waals surface area contributed by atoms with E-state index in [1.165, 1.54) is 25.3 Å². The lowest BCUT2D eigenvalue weighted by Gasteiger charge is -2.17. The zero-order chi connectivity index (χ0) is 13.9. The van der Waals surface area contributed by atoms with Crippen LogP contribution in [-0.4, -0.2) is 31.4 Å². The summed E-state index contributed by atoms with van der Waals surface area (Å²) in [5.41, 5.74) is 0.200. The van der Waals surface area contributed by atoms with Gasteiger partial charge in [0, 0.05) is 24.2 Å². The highest BCUT2D eigenvalue weighted by atomic mass is 35.5. The van der Waals surface area contributed by atoms with Crippen LogP contribution in [0.5, 0.6) is 0 Å². The summed E-state index contributed by atoms with van der Waals surface area (Å²) in [5, 5.41) is 9.31. The van der Waals surface area contributed by atoms with Crippen LogP contribution in [0.4, 0.5) is 0 Å². The van der Waals surface area contributed by atoms with Gasteiger partial charge in [-0.05, 0) is 12.1 Å². The lowest BCUT2D eigenvalue weighted by molar-refractivity contribution is 0.281. The first kappa shape index (κ1) is 15.5. The number of halogens is 2. The van der Waals surface area contributed by atoms with E-state index in [0.717, 1.165) is 4.31 Å². The largest absolute Gasteiger partial charge is 0.392 e. The molecular formula is C11H13Cl2NO3S. The molecule has 7 heteroatoms. The highest BCUT2D eigenvalue weighted by Gasteiger charge is 2.24. The molecular weight excluding hydrogens is 297 g/mol. The van der Waals surface area contributed by atoms with Gasteiger partial charge in [0.15, 0.2) is 0 Å². The van der Waals surface area contributed by atoms with Crippen molar-refractivity contribution in [3.63, 3.8) is 0 Å². The fourth-order valence-corrected chi connectivity index (χ4v) is 3.38. The molecule has 4 nitrogen and oxygen atoms in total. The molecule has 1 aromatic rings. The number of likely N-dealkylation sites (N-methyl/N-ethyl adjacent to an activating group) is 1. The third-order valence-corrected chi connectivity index (χ3v) is 5.15. The van der Waals surface area contributed by atoms with Gasteiger partial charge in [0.25, 0.3) is 0 Å². The summed E-state index contributed by atoms with van der Waals surface area (Å²) in [6, 6.07) is 2.71. The topological polar surface area (TPSA) is 57.6 Å². The zero-order valence-corrected chi connectivity index (χ0v) is 12.1. The second-order valence-corrected chi connectivity index (χ2v) is 6.37. The van der Waals surface area contributed by atoms with E-state index in [4.69, 9.17) is 28.3 Å². The molecule has 0 fully saturated rings. The predicted molar refractivity (Wildman–Crippen MR) is 72.4 cm³/mol. The van der Waals surface area contributed by atoms with Gasteiger partial charge in [0.1, 0.15) is 4.90 Å². The van der Waals surface area contributed by atoms with Gasteiger partial charge in [-0.2, -0.15) is 4.31 Å². The average molecular weight is 310 g/mol. The van der Waals surface area contributed by atoms with Crippen LogP contribution in [0, 0.1) is 0 Å². The second-order valence-electron chi connectivity index (χ2n) is 3.57. The first-order chi connectivity index (χ1) is 8.36. The Kier molecular flexibility index (Phi) is 5.19. The van der Waals surface area contributed by atoms with Crippen molar-refractivity contribution in [2.24, 2.45) is 0 Å². The summed E-state index contributed by atoms with van der Waals surface area (Å²) in [6.07, 6.45) is 1.47. The van der Waals surface area contributed by atoms with Crippen LogP contribution < -0.4 is 0 Å². The Hall–Kier alpha value is -0.590. The predicted octanol–water partition coefficient (Wildman–Crippen LogP) is 2.29. The maximum atomic E-state index is 12.2. The van der Waals surface area contributed by atoms with Crippen LogP contribution in [0.2, 0.25) is 10.0 Å². The first-order valence-electron chi connectivity index (χ1n) is 5.01. The van der Waals surface area contributed by atoms with E-state index in [1.807, 2.05) is 0 Å². The van der Waals surface area contributed by atoms with E-state index >= 15 is 0 Å². The van der Waals surface area contributed by atoms with Gasteiger partial charge in [-0.1, -0.05) is 29.3 Å². The average Bonchev–Trinajstić information content (AvgIpc) is 2.29. The van der Waals surface area contributed by atoms with Gasteiger partial charge in [0.2, 0.25) is 10.0 Å². The van der Waals surface area contributed by atoms with Crippen LogP contribution in [0.25, 0.3) is 0 Å². The Bertz CT molecular complexity index is 558. The quantitative estimate of drug-likeness (QED) is 0.849. The van der Waals surface area contributed by atoms with Crippen molar-refractivity contribution in [2.75, 3.05) is 13.6 Å². The molecule has 0 heterocycles. The highest BCUT2D eigenvalue weighted by Crippen LogP contribution is 2.32. The summed E-state index contributed by atoms with van der Waals surface area (Å²) >= 11 is 11.8. The number of hydrogen-bond acceptors (Lipinski definition) is 3. The van der Waals surface area contributed by atoms with Gasteiger partial charge >= 0.3 is 0 Å². The zero-order valence-electron chi connectivity index (χ0n) is 9.73. The van der Waals surface area contributed by atoms with Gasteiger partial charge in [-0.15, -0.1) is 6.58 Å². The third kappa shape index (κ3) is 2.87. The monoisotopic (exact) mass is 309 g/mol. The normalized spacial score (nSPS) is 11.8. The van der Waals surface area contributed by atoms with Crippen LogP contribution in [0.1, 0.15) is 5.56 Å². The molecule has 0 saturated heterocycles. The third-order valence-electron chi connectivity index (χ3n) is 2.38. The fourth-order valence-electron chi connectivity index (χ4n) is 1.37. The maximum Gasteiger partial charge on any atom is 0.244 e. The molecule has 0 saturated carbocycles. The maximum absolute atomic E-state index is 12.2. The van der Waals surface area contributed by atoms with Crippen molar-refractivity contribution < 1.29 is 13.5 Å². The first-order valence-corrected chi connectivity index (χ1v) is 7.20. The van der Waals surface area contributed by atoms with Gasteiger partial charge < -0.3 is 5.11 Å². The van der Waals surface area contributed by atoms with Crippen molar-refractivity contribution >= 4 is 33.2 Å². The van der Waals surface area contributed by atoms with E-state index in [1.54, 1.807) is 0 Å². The lowest BCUT2D eigenvalue weighted by Crippen LogP contribution is -2.27. The number of aliphatic hydroxyl groups is 1. The molecule has 0 aliphatic carbocycles. The minimum absolute atomic E-state index is 0.0547. The van der Waals surface area contributed by atoms with Crippen LogP contribution >= 0.6 is 23.2 Å². The molecule has 1 N–H and O–H groups in total. The molecule has 0 aliphatic rings. The molecule has 0 aromatic heterocycles. The van der Waals surface area contributed by atoms with Crippen molar-refractivity contribution in [1.29, 1.82) is 0 Å². The number of sulfonamides is 1. The molecule has 1 rings (SSSR count). The Morgan fingerprint density at radius 1 is 1.44 bits per heavy atom. The number of rotatable bonds is 5. The number of nitrogens with zero attached hydrogens (tertiary/aromatic N) is 1. The smallest absolute Gasteiger partial charge is 0.244 e. The second kappa shape index (κ2) is 6.04. The fraction of sp³-hybridized carbons (Fsp3) is 0.273. The Morgan fingerprint density at radius 2 is 2.06 bits per heavy atom. The van der Waals surface area contributed by atoms with Crippen molar-refractivity contribution in [3.8, 4) is 0 Å². The van der Waals surface area contributed by atoms with E-state index in [9.17, 15) is 8.42 Å². The molecule has 100 valence electrons. The molecule has 18 heavy (non-hydrogen) atoms. The van der Waals surface area contributed by atoms with E-state index in [0.29, 0.717) is 0 Å². The molecule has 1 aromatic carbocycles. The van der Waals surface area contributed by atoms with Crippen LogP contribution in [0.15, 0.2) is 29.7 Å². The minimum Gasteiger partial charge on any atom is -0.392 e. The summed E-state index contributed by atoms with van der Waals surface area (Å²) in [5.74, 6) is 0. The van der Waals surface area contributed by atoms with Crippen molar-refractivity contribution in [1.82, 2.24) is 4.31 Å². The molecule has 0 radical (unpaired) electrons. The van der Waals surface area contributed by atoms with E-state index in [2.05, 4.69) is 6.58 Å². The summed E-state index contributed by atoms with van der Waals surface area (Å²) in [7, 11) is -2.30. The standard InChI is InChI=1S/C11H13Cl2NO3S/c1-3-6-14(2)18(16,17)10-5-4-9(12)8(7-15)11(10)13/h3-5,15H,1,6-7H2,2H3. The molecule has 0 spiro atoms. The van der Waals surface area contributed by atoms with Gasteiger partial charge in [-0.3, -0.25) is 0 Å². The summed E-state index contributed by atoms with van der Waals surface area (Å²) in [6.45, 7) is 3.22. The van der Waals surface area contributed by atoms with Gasteiger partial charge in [0.05, 0.1) is 11.6 Å². The number of aliphatic hydroxyl groups excluding tert-OH is 1. The van der Waals surface area contributed by atoms with Crippen LogP contribution in [0.3, 0.4) is 0 Å². The highest BCUT2D eigenvalue weighted by molar-refractivity contribution is 7.89. The van der Waals surface area contributed by atoms with Crippen molar-refractivity contribution in [2.45, 2.75) is 11.5 Å². The molecule has 0 unspecified atom stereocenters. The molecule has 0 aliphatic heterocycles. The molecule has 0 bridgehead atoms. The summed E-state index contributed by atoms with van der Waals surface area (Å²) < 4.78 is 25.5. The Balaban J connectivity index is 3.38. The Morgan fingerprint density at radius 3 is 2.56 bits per heavy atom. The number of hydrogen-bond donors (Lipinski definition) is 1. The number of benzene rings is 1. The molecule has 0 amide bonds. The summed E-state index contributed by atoms with van der Waals surface area (Å²) in [4.78, 5) is -0.0815. The SMILES string of the molecule is C=CCN(C)S(=O)(=O)c1ccc(Cl)c(CO)c1Cl. The Labute approximate surface area is 116 Å². The van der Waals surface area contributed by atoms with Crippen LogP contribution in [-0.2, 0) is 16.6 Å². The van der Waals surface area contributed by atoms with E-state index < -0.39 is 16.6 Å². The van der Waals surface area contributed by atoms with Gasteiger partial charge in [-0.25, -0.2) is 8.42 Å².